The second-order valence-corrected chi connectivity index (χ2v) is 4.22. The van der Waals surface area contributed by atoms with Crippen LogP contribution in [0.5, 0.6) is 0 Å². The maximum Gasteiger partial charge on any atom is 0.128 e. The third kappa shape index (κ3) is 1.77. The van der Waals surface area contributed by atoms with E-state index in [4.69, 9.17) is 5.26 Å². The standard InChI is InChI=1S/C14H12FN/c1-14(7-3-2-4-8-14)12-6-5-11(10-16)9-13(12)15/h2-7,9H,8H2,1H3. The molecule has 0 heterocycles. The van der Waals surface area contributed by atoms with Gasteiger partial charge in [0.15, 0.2) is 0 Å². The lowest BCUT2D eigenvalue weighted by molar-refractivity contribution is 0.530. The molecule has 0 saturated heterocycles. The predicted octanol–water partition coefficient (Wildman–Crippen LogP) is 3.47. The van der Waals surface area contributed by atoms with Crippen molar-refractivity contribution in [3.63, 3.8) is 0 Å². The molecule has 0 N–H and O–H groups in total. The van der Waals surface area contributed by atoms with Crippen LogP contribution in [0.2, 0.25) is 0 Å². The van der Waals surface area contributed by atoms with Gasteiger partial charge in [0.05, 0.1) is 11.6 Å². The second-order valence-electron chi connectivity index (χ2n) is 4.22. The Morgan fingerprint density at radius 3 is 2.75 bits per heavy atom. The highest BCUT2D eigenvalue weighted by atomic mass is 19.1. The molecule has 0 aromatic heterocycles. The molecule has 2 heteroatoms. The van der Waals surface area contributed by atoms with Gasteiger partial charge in [-0.15, -0.1) is 0 Å². The van der Waals surface area contributed by atoms with Crippen molar-refractivity contribution in [1.82, 2.24) is 0 Å². The van der Waals surface area contributed by atoms with E-state index in [1.165, 1.54) is 6.07 Å². The molecule has 80 valence electrons. The fraction of sp³-hybridized carbons (Fsp3) is 0.214. The SMILES string of the molecule is CC1(c2ccc(C#N)cc2F)C=CC=CC1. The Morgan fingerprint density at radius 1 is 1.38 bits per heavy atom. The summed E-state index contributed by atoms with van der Waals surface area (Å²) in [7, 11) is 0. The van der Waals surface area contributed by atoms with Crippen LogP contribution in [0.4, 0.5) is 4.39 Å². The largest absolute Gasteiger partial charge is 0.207 e. The molecule has 1 aliphatic rings. The Bertz CT molecular complexity index is 508. The lowest BCUT2D eigenvalue weighted by Gasteiger charge is -2.27. The van der Waals surface area contributed by atoms with E-state index in [1.807, 2.05) is 37.3 Å². The fourth-order valence-corrected chi connectivity index (χ4v) is 1.97. The van der Waals surface area contributed by atoms with Crippen LogP contribution in [0.1, 0.15) is 24.5 Å². The van der Waals surface area contributed by atoms with Gasteiger partial charge >= 0.3 is 0 Å². The van der Waals surface area contributed by atoms with Crippen molar-refractivity contribution in [3.8, 4) is 6.07 Å². The van der Waals surface area contributed by atoms with Crippen LogP contribution in [0.25, 0.3) is 0 Å². The molecule has 0 bridgehead atoms. The van der Waals surface area contributed by atoms with Crippen LogP contribution >= 0.6 is 0 Å². The number of halogens is 1. The van der Waals surface area contributed by atoms with Gasteiger partial charge in [-0.1, -0.05) is 37.3 Å². The molecule has 0 saturated carbocycles. The van der Waals surface area contributed by atoms with Crippen LogP contribution in [-0.4, -0.2) is 0 Å². The second kappa shape index (κ2) is 3.94. The van der Waals surface area contributed by atoms with Crippen molar-refractivity contribution in [1.29, 1.82) is 5.26 Å². The highest BCUT2D eigenvalue weighted by Crippen LogP contribution is 2.33. The number of rotatable bonds is 1. The van der Waals surface area contributed by atoms with Crippen molar-refractivity contribution < 1.29 is 4.39 Å². The Balaban J connectivity index is 2.45. The molecule has 1 unspecified atom stereocenters. The minimum absolute atomic E-state index is 0.299. The van der Waals surface area contributed by atoms with Gasteiger partial charge in [0, 0.05) is 5.41 Å². The van der Waals surface area contributed by atoms with Gasteiger partial charge in [-0.3, -0.25) is 0 Å². The zero-order valence-corrected chi connectivity index (χ0v) is 9.07. The molecule has 2 rings (SSSR count). The van der Waals surface area contributed by atoms with E-state index in [1.54, 1.807) is 12.1 Å². The number of allylic oxidation sites excluding steroid dienone is 4. The summed E-state index contributed by atoms with van der Waals surface area (Å²) in [6.07, 6.45) is 8.70. The maximum absolute atomic E-state index is 13.9. The monoisotopic (exact) mass is 213 g/mol. The van der Waals surface area contributed by atoms with E-state index < -0.39 is 0 Å². The van der Waals surface area contributed by atoms with Crippen LogP contribution in [-0.2, 0) is 5.41 Å². The summed E-state index contributed by atoms with van der Waals surface area (Å²) in [5, 5.41) is 8.69. The summed E-state index contributed by atoms with van der Waals surface area (Å²) in [5.41, 5.74) is 0.708. The Hall–Kier alpha value is -1.88. The summed E-state index contributed by atoms with van der Waals surface area (Å²) in [6, 6.07) is 6.61. The zero-order valence-electron chi connectivity index (χ0n) is 9.07. The molecule has 0 radical (unpaired) electrons. The molecule has 1 aliphatic carbocycles. The molecular weight excluding hydrogens is 201 g/mol. The van der Waals surface area contributed by atoms with Crippen molar-refractivity contribution in [2.75, 3.05) is 0 Å². The third-order valence-electron chi connectivity index (χ3n) is 2.97. The first-order valence-corrected chi connectivity index (χ1v) is 5.20. The number of nitrogens with zero attached hydrogens (tertiary/aromatic N) is 1. The lowest BCUT2D eigenvalue weighted by atomic mass is 9.77. The minimum Gasteiger partial charge on any atom is -0.207 e. The Morgan fingerprint density at radius 2 is 2.19 bits per heavy atom. The van der Waals surface area contributed by atoms with Gasteiger partial charge in [-0.2, -0.15) is 5.26 Å². The first-order valence-electron chi connectivity index (χ1n) is 5.20. The fourth-order valence-electron chi connectivity index (χ4n) is 1.97. The zero-order chi connectivity index (χ0) is 11.6. The van der Waals surface area contributed by atoms with Crippen molar-refractivity contribution in [3.05, 3.63) is 59.4 Å². The topological polar surface area (TPSA) is 23.8 Å². The summed E-state index contributed by atoms with van der Waals surface area (Å²) in [5.74, 6) is -0.304. The highest BCUT2D eigenvalue weighted by molar-refractivity contribution is 5.40. The molecule has 16 heavy (non-hydrogen) atoms. The van der Waals surface area contributed by atoms with E-state index in [2.05, 4.69) is 0 Å². The van der Waals surface area contributed by atoms with Gasteiger partial charge in [0.2, 0.25) is 0 Å². The third-order valence-corrected chi connectivity index (χ3v) is 2.97. The molecule has 0 amide bonds. The number of hydrogen-bond acceptors (Lipinski definition) is 1. The first-order chi connectivity index (χ1) is 7.65. The van der Waals surface area contributed by atoms with Gasteiger partial charge in [-0.05, 0) is 24.1 Å². The van der Waals surface area contributed by atoms with Gasteiger partial charge in [-0.25, -0.2) is 4.39 Å². The molecule has 1 aromatic rings. The van der Waals surface area contributed by atoms with E-state index in [9.17, 15) is 4.39 Å². The average molecular weight is 213 g/mol. The van der Waals surface area contributed by atoms with Crippen LogP contribution in [0.3, 0.4) is 0 Å². The molecule has 1 aromatic carbocycles. The van der Waals surface area contributed by atoms with Crippen molar-refractivity contribution in [2.45, 2.75) is 18.8 Å². The molecule has 0 aliphatic heterocycles. The normalized spacial score (nSPS) is 23.1. The van der Waals surface area contributed by atoms with E-state index >= 15 is 0 Å². The average Bonchev–Trinajstić information content (AvgIpc) is 2.29. The van der Waals surface area contributed by atoms with Crippen molar-refractivity contribution in [2.24, 2.45) is 0 Å². The summed E-state index contributed by atoms with van der Waals surface area (Å²) in [4.78, 5) is 0. The summed E-state index contributed by atoms with van der Waals surface area (Å²) in [6.45, 7) is 2.00. The van der Waals surface area contributed by atoms with E-state index in [-0.39, 0.29) is 11.2 Å². The smallest absolute Gasteiger partial charge is 0.128 e. The van der Waals surface area contributed by atoms with Crippen molar-refractivity contribution >= 4 is 0 Å². The molecule has 1 nitrogen and oxygen atoms in total. The maximum atomic E-state index is 13.9. The predicted molar refractivity (Wildman–Crippen MR) is 61.4 cm³/mol. The lowest BCUT2D eigenvalue weighted by Crippen LogP contribution is -2.21. The molecule has 0 spiro atoms. The van der Waals surface area contributed by atoms with Crippen LogP contribution in [0, 0.1) is 17.1 Å². The van der Waals surface area contributed by atoms with Crippen LogP contribution < -0.4 is 0 Å². The van der Waals surface area contributed by atoms with E-state index in [0.717, 1.165) is 6.42 Å². The minimum atomic E-state index is -0.304. The van der Waals surface area contributed by atoms with Gasteiger partial charge in [0.25, 0.3) is 0 Å². The number of hydrogen-bond donors (Lipinski definition) is 0. The van der Waals surface area contributed by atoms with Crippen LogP contribution in [0.15, 0.2) is 42.5 Å². The quantitative estimate of drug-likeness (QED) is 0.700. The van der Waals surface area contributed by atoms with Gasteiger partial charge in [0.1, 0.15) is 5.82 Å². The molecular formula is C14H12FN. The summed E-state index contributed by atoms with van der Waals surface area (Å²) >= 11 is 0. The molecule has 1 atom stereocenters. The first kappa shape index (κ1) is 10.6. The number of nitriles is 1. The Kier molecular flexibility index (Phi) is 2.62. The number of benzene rings is 1. The highest BCUT2D eigenvalue weighted by Gasteiger charge is 2.26. The summed E-state index contributed by atoms with van der Waals surface area (Å²) < 4.78 is 13.9. The Labute approximate surface area is 94.5 Å². The van der Waals surface area contributed by atoms with E-state index in [0.29, 0.717) is 11.1 Å². The van der Waals surface area contributed by atoms with Gasteiger partial charge < -0.3 is 0 Å². The molecule has 0 fully saturated rings.